The Labute approximate surface area is 96.3 Å². The lowest BCUT2D eigenvalue weighted by Crippen LogP contribution is -2.48. The highest BCUT2D eigenvalue weighted by Crippen LogP contribution is 2.41. The van der Waals surface area contributed by atoms with Crippen molar-refractivity contribution in [3.8, 4) is 5.75 Å². The van der Waals surface area contributed by atoms with Gasteiger partial charge in [-0.3, -0.25) is 4.79 Å². The number of aromatic hydroxyl groups is 1. The van der Waals surface area contributed by atoms with E-state index in [9.17, 15) is 9.90 Å². The number of hydrogen-bond donors (Lipinski definition) is 2. The van der Waals surface area contributed by atoms with E-state index in [4.69, 9.17) is 5.73 Å². The molecule has 16 heavy (non-hydrogen) atoms. The van der Waals surface area contributed by atoms with Gasteiger partial charge in [0.05, 0.1) is 5.41 Å². The number of carbonyl (C=O) groups excluding carboxylic acids is 1. The molecule has 0 aliphatic carbocycles. The second-order valence-corrected chi connectivity index (χ2v) is 5.29. The third kappa shape index (κ3) is 1.90. The van der Waals surface area contributed by atoms with Gasteiger partial charge in [-0.15, -0.1) is 0 Å². The Kier molecular flexibility index (Phi) is 2.99. The molecule has 1 atom stereocenters. The van der Waals surface area contributed by atoms with Gasteiger partial charge >= 0.3 is 0 Å². The van der Waals surface area contributed by atoms with Gasteiger partial charge in [0.15, 0.2) is 0 Å². The summed E-state index contributed by atoms with van der Waals surface area (Å²) in [6.45, 7) is 7.77. The van der Waals surface area contributed by atoms with Gasteiger partial charge in [0.25, 0.3) is 0 Å². The number of rotatable bonds is 2. The predicted molar refractivity (Wildman–Crippen MR) is 64.1 cm³/mol. The molecule has 0 heterocycles. The standard InChI is InChI=1S/C13H19NO2/c1-12(2,3)13(4,11(14)16)9-5-7-10(15)8-6-9/h5-8,15H,1-4H3,(H2,14,16). The zero-order valence-electron chi connectivity index (χ0n) is 10.2. The molecule has 3 N–H and O–H groups in total. The van der Waals surface area contributed by atoms with E-state index in [1.807, 2.05) is 27.7 Å². The van der Waals surface area contributed by atoms with Crippen LogP contribution in [-0.2, 0) is 10.2 Å². The number of hydrogen-bond acceptors (Lipinski definition) is 2. The normalized spacial score (nSPS) is 15.5. The molecule has 0 spiro atoms. The van der Waals surface area contributed by atoms with Crippen LogP contribution in [0.25, 0.3) is 0 Å². The van der Waals surface area contributed by atoms with Gasteiger partial charge in [0.2, 0.25) is 5.91 Å². The highest BCUT2D eigenvalue weighted by atomic mass is 16.3. The number of phenols is 1. The molecular formula is C13H19NO2. The maximum absolute atomic E-state index is 11.7. The molecular weight excluding hydrogens is 202 g/mol. The summed E-state index contributed by atoms with van der Waals surface area (Å²) in [5.41, 5.74) is 5.32. The van der Waals surface area contributed by atoms with Crippen LogP contribution < -0.4 is 5.73 Å². The summed E-state index contributed by atoms with van der Waals surface area (Å²) in [5, 5.41) is 9.25. The van der Waals surface area contributed by atoms with E-state index in [1.165, 1.54) is 0 Å². The van der Waals surface area contributed by atoms with E-state index in [1.54, 1.807) is 24.3 Å². The van der Waals surface area contributed by atoms with Crippen molar-refractivity contribution in [2.45, 2.75) is 33.1 Å². The van der Waals surface area contributed by atoms with E-state index in [0.29, 0.717) is 0 Å². The van der Waals surface area contributed by atoms with Gasteiger partial charge in [0.1, 0.15) is 5.75 Å². The van der Waals surface area contributed by atoms with Crippen molar-refractivity contribution in [3.63, 3.8) is 0 Å². The van der Waals surface area contributed by atoms with Crippen molar-refractivity contribution in [2.75, 3.05) is 0 Å². The Morgan fingerprint density at radius 1 is 1.12 bits per heavy atom. The minimum absolute atomic E-state index is 0.185. The Hall–Kier alpha value is -1.51. The average Bonchev–Trinajstić information content (AvgIpc) is 2.15. The van der Waals surface area contributed by atoms with Crippen molar-refractivity contribution in [3.05, 3.63) is 29.8 Å². The van der Waals surface area contributed by atoms with Gasteiger partial charge in [-0.2, -0.15) is 0 Å². The summed E-state index contributed by atoms with van der Waals surface area (Å²) in [7, 11) is 0. The number of carbonyl (C=O) groups is 1. The average molecular weight is 221 g/mol. The Bertz CT molecular complexity index is 389. The van der Waals surface area contributed by atoms with Crippen LogP contribution in [0.2, 0.25) is 0 Å². The first kappa shape index (κ1) is 12.6. The topological polar surface area (TPSA) is 63.3 Å². The second kappa shape index (κ2) is 3.81. The van der Waals surface area contributed by atoms with Crippen molar-refractivity contribution in [2.24, 2.45) is 11.1 Å². The number of amides is 1. The molecule has 0 radical (unpaired) electrons. The van der Waals surface area contributed by atoms with Crippen molar-refractivity contribution in [1.82, 2.24) is 0 Å². The fourth-order valence-corrected chi connectivity index (χ4v) is 1.74. The maximum atomic E-state index is 11.7. The van der Waals surface area contributed by atoms with Crippen molar-refractivity contribution < 1.29 is 9.90 Å². The number of benzene rings is 1. The zero-order valence-corrected chi connectivity index (χ0v) is 10.2. The second-order valence-electron chi connectivity index (χ2n) is 5.29. The van der Waals surface area contributed by atoms with Crippen LogP contribution in [0, 0.1) is 5.41 Å². The highest BCUT2D eigenvalue weighted by molar-refractivity contribution is 5.87. The monoisotopic (exact) mass is 221 g/mol. The lowest BCUT2D eigenvalue weighted by molar-refractivity contribution is -0.126. The molecule has 1 aromatic rings. The smallest absolute Gasteiger partial charge is 0.228 e. The molecule has 88 valence electrons. The van der Waals surface area contributed by atoms with Crippen LogP contribution in [0.1, 0.15) is 33.3 Å². The highest BCUT2D eigenvalue weighted by Gasteiger charge is 2.44. The summed E-state index contributed by atoms with van der Waals surface area (Å²) < 4.78 is 0. The number of nitrogens with two attached hydrogens (primary N) is 1. The number of primary amides is 1. The van der Waals surface area contributed by atoms with Gasteiger partial charge in [-0.25, -0.2) is 0 Å². The van der Waals surface area contributed by atoms with E-state index in [-0.39, 0.29) is 17.1 Å². The molecule has 1 amide bonds. The molecule has 0 fully saturated rings. The molecule has 1 aromatic carbocycles. The molecule has 1 unspecified atom stereocenters. The Morgan fingerprint density at radius 2 is 1.56 bits per heavy atom. The van der Waals surface area contributed by atoms with E-state index in [2.05, 4.69) is 0 Å². The van der Waals surface area contributed by atoms with Crippen molar-refractivity contribution >= 4 is 5.91 Å². The minimum atomic E-state index is -0.749. The third-order valence-corrected chi connectivity index (χ3v) is 3.44. The SMILES string of the molecule is CC(C)(C)C(C)(C(N)=O)c1ccc(O)cc1. The maximum Gasteiger partial charge on any atom is 0.228 e. The van der Waals surface area contributed by atoms with E-state index >= 15 is 0 Å². The zero-order chi connectivity index (χ0) is 12.6. The number of phenolic OH excluding ortho intramolecular Hbond substituents is 1. The van der Waals surface area contributed by atoms with Crippen LogP contribution in [0.15, 0.2) is 24.3 Å². The molecule has 1 rings (SSSR count). The van der Waals surface area contributed by atoms with Gasteiger partial charge in [-0.05, 0) is 30.0 Å². The minimum Gasteiger partial charge on any atom is -0.508 e. The summed E-state index contributed by atoms with van der Waals surface area (Å²) in [6, 6.07) is 6.63. The van der Waals surface area contributed by atoms with Gasteiger partial charge < -0.3 is 10.8 Å². The molecule has 3 nitrogen and oxygen atoms in total. The van der Waals surface area contributed by atoms with Crippen LogP contribution >= 0.6 is 0 Å². The van der Waals surface area contributed by atoms with Gasteiger partial charge in [-0.1, -0.05) is 32.9 Å². The first-order valence-electron chi connectivity index (χ1n) is 5.29. The molecule has 0 aromatic heterocycles. The largest absolute Gasteiger partial charge is 0.508 e. The predicted octanol–water partition coefficient (Wildman–Crippen LogP) is 2.18. The summed E-state index contributed by atoms with van der Waals surface area (Å²) in [4.78, 5) is 11.7. The molecule has 3 heteroatoms. The quantitative estimate of drug-likeness (QED) is 0.804. The lowest BCUT2D eigenvalue weighted by atomic mass is 9.63. The molecule has 0 bridgehead atoms. The van der Waals surface area contributed by atoms with Crippen LogP contribution in [0.3, 0.4) is 0 Å². The first-order valence-corrected chi connectivity index (χ1v) is 5.29. The fraction of sp³-hybridized carbons (Fsp3) is 0.462. The summed E-state index contributed by atoms with van der Waals surface area (Å²) in [6.07, 6.45) is 0. The van der Waals surface area contributed by atoms with Gasteiger partial charge in [0, 0.05) is 0 Å². The Morgan fingerprint density at radius 3 is 1.88 bits per heavy atom. The van der Waals surface area contributed by atoms with E-state index < -0.39 is 5.41 Å². The first-order chi connectivity index (χ1) is 7.19. The Balaban J connectivity index is 3.34. The molecule has 0 saturated carbocycles. The molecule has 0 aliphatic rings. The fourth-order valence-electron chi connectivity index (χ4n) is 1.74. The summed E-state index contributed by atoms with van der Waals surface area (Å²) >= 11 is 0. The van der Waals surface area contributed by atoms with Crippen LogP contribution in [0.5, 0.6) is 5.75 Å². The summed E-state index contributed by atoms with van der Waals surface area (Å²) in [5.74, 6) is -0.171. The molecule has 0 aliphatic heterocycles. The van der Waals surface area contributed by atoms with Crippen molar-refractivity contribution in [1.29, 1.82) is 0 Å². The van der Waals surface area contributed by atoms with Crippen LogP contribution in [-0.4, -0.2) is 11.0 Å². The third-order valence-electron chi connectivity index (χ3n) is 3.44. The molecule has 0 saturated heterocycles. The lowest BCUT2D eigenvalue weighted by Gasteiger charge is -2.39. The van der Waals surface area contributed by atoms with Crippen LogP contribution in [0.4, 0.5) is 0 Å². The van der Waals surface area contributed by atoms with E-state index in [0.717, 1.165) is 5.56 Å².